The highest BCUT2D eigenvalue weighted by Gasteiger charge is 2.21. The summed E-state index contributed by atoms with van der Waals surface area (Å²) in [5.74, 6) is 0.437. The third-order valence-corrected chi connectivity index (χ3v) is 4.16. The molecule has 0 saturated carbocycles. The highest BCUT2D eigenvalue weighted by molar-refractivity contribution is 5.98. The van der Waals surface area contributed by atoms with Crippen LogP contribution < -0.4 is 5.32 Å². The van der Waals surface area contributed by atoms with Gasteiger partial charge in [0, 0.05) is 18.0 Å². The summed E-state index contributed by atoms with van der Waals surface area (Å²) in [6.45, 7) is 1.87. The van der Waals surface area contributed by atoms with E-state index in [4.69, 9.17) is 0 Å². The van der Waals surface area contributed by atoms with Crippen LogP contribution in [0.4, 0.5) is 0 Å². The van der Waals surface area contributed by atoms with E-state index in [-0.39, 0.29) is 11.7 Å². The van der Waals surface area contributed by atoms with Crippen molar-refractivity contribution in [1.29, 1.82) is 0 Å². The molecule has 1 fully saturated rings. The largest absolute Gasteiger partial charge is 0.316 e. The number of hydrogen-bond donors (Lipinski definition) is 1. The Kier molecular flexibility index (Phi) is 4.46. The van der Waals surface area contributed by atoms with Gasteiger partial charge >= 0.3 is 0 Å². The predicted octanol–water partition coefficient (Wildman–Crippen LogP) is 3.46. The van der Waals surface area contributed by atoms with Crippen LogP contribution in [0, 0.1) is 5.92 Å². The molecule has 1 N–H and O–H groups in total. The number of hydrogen-bond acceptors (Lipinski definition) is 2. The molecule has 1 heterocycles. The number of Topliss-reactive ketones (excluding diaryl/α,β-unsaturated/α-hetero) is 1. The van der Waals surface area contributed by atoms with Gasteiger partial charge < -0.3 is 5.32 Å². The normalized spacial score (nSPS) is 18.4. The molecular formula is C19H21NO. The molecule has 0 radical (unpaired) electrons. The van der Waals surface area contributed by atoms with Crippen molar-refractivity contribution in [3.05, 3.63) is 71.3 Å². The molecule has 21 heavy (non-hydrogen) atoms. The molecule has 0 bridgehead atoms. The van der Waals surface area contributed by atoms with E-state index in [1.54, 1.807) is 0 Å². The third kappa shape index (κ3) is 3.59. The van der Waals surface area contributed by atoms with Crippen LogP contribution in [0.2, 0.25) is 0 Å². The highest BCUT2D eigenvalue weighted by Crippen LogP contribution is 2.18. The lowest BCUT2D eigenvalue weighted by molar-refractivity contribution is 0.0899. The van der Waals surface area contributed by atoms with Gasteiger partial charge in [-0.2, -0.15) is 0 Å². The zero-order chi connectivity index (χ0) is 14.5. The van der Waals surface area contributed by atoms with Crippen molar-refractivity contribution in [2.45, 2.75) is 19.3 Å². The second kappa shape index (κ2) is 6.68. The third-order valence-electron chi connectivity index (χ3n) is 4.16. The average molecular weight is 279 g/mol. The van der Waals surface area contributed by atoms with E-state index in [2.05, 4.69) is 41.7 Å². The van der Waals surface area contributed by atoms with Gasteiger partial charge in [0.15, 0.2) is 5.78 Å². The molecule has 0 spiro atoms. The van der Waals surface area contributed by atoms with Crippen LogP contribution in [-0.2, 0) is 6.42 Å². The number of carbonyl (C=O) groups is 1. The first-order chi connectivity index (χ1) is 10.3. The minimum Gasteiger partial charge on any atom is -0.316 e. The zero-order valence-corrected chi connectivity index (χ0v) is 12.2. The molecule has 2 heteroatoms. The lowest BCUT2D eigenvalue weighted by atomic mass is 9.90. The molecule has 108 valence electrons. The highest BCUT2D eigenvalue weighted by atomic mass is 16.1. The topological polar surface area (TPSA) is 29.1 Å². The number of ketones is 1. The van der Waals surface area contributed by atoms with Gasteiger partial charge in [-0.15, -0.1) is 0 Å². The minimum absolute atomic E-state index is 0.152. The monoisotopic (exact) mass is 279 g/mol. The Morgan fingerprint density at radius 1 is 1.00 bits per heavy atom. The summed E-state index contributed by atoms with van der Waals surface area (Å²) in [5.41, 5.74) is 3.40. The van der Waals surface area contributed by atoms with Crippen LogP contribution in [0.25, 0.3) is 0 Å². The molecule has 2 nitrogen and oxygen atoms in total. The van der Waals surface area contributed by atoms with E-state index in [0.29, 0.717) is 0 Å². The van der Waals surface area contributed by atoms with Crippen LogP contribution in [0.1, 0.15) is 34.3 Å². The Bertz CT molecular complexity index is 583. The lowest BCUT2D eigenvalue weighted by Crippen LogP contribution is -2.34. The molecule has 1 aliphatic heterocycles. The maximum absolute atomic E-state index is 12.4. The average Bonchev–Trinajstić information content (AvgIpc) is 2.57. The van der Waals surface area contributed by atoms with E-state index in [1.165, 1.54) is 11.1 Å². The first-order valence-electron chi connectivity index (χ1n) is 7.71. The van der Waals surface area contributed by atoms with Crippen molar-refractivity contribution < 1.29 is 4.79 Å². The lowest BCUT2D eigenvalue weighted by Gasteiger charge is -2.21. The van der Waals surface area contributed by atoms with E-state index >= 15 is 0 Å². The molecule has 2 aromatic carbocycles. The summed E-state index contributed by atoms with van der Waals surface area (Å²) in [5, 5.41) is 3.31. The summed E-state index contributed by atoms with van der Waals surface area (Å²) >= 11 is 0. The van der Waals surface area contributed by atoms with Crippen molar-refractivity contribution in [3.8, 4) is 0 Å². The second-order valence-electron chi connectivity index (χ2n) is 5.77. The van der Waals surface area contributed by atoms with Gasteiger partial charge in [0.25, 0.3) is 0 Å². The van der Waals surface area contributed by atoms with Gasteiger partial charge in [0.05, 0.1) is 0 Å². The summed E-state index contributed by atoms with van der Waals surface area (Å²) in [6.07, 6.45) is 3.03. The smallest absolute Gasteiger partial charge is 0.167 e. The maximum atomic E-state index is 12.4. The molecule has 1 saturated heterocycles. The Labute approximate surface area is 126 Å². The summed E-state index contributed by atoms with van der Waals surface area (Å²) in [7, 11) is 0. The fourth-order valence-corrected chi connectivity index (χ4v) is 2.93. The van der Waals surface area contributed by atoms with Crippen molar-refractivity contribution in [1.82, 2.24) is 5.32 Å². The Hall–Kier alpha value is -1.93. The predicted molar refractivity (Wildman–Crippen MR) is 85.6 cm³/mol. The number of nitrogens with one attached hydrogen (secondary N) is 1. The number of benzene rings is 2. The van der Waals surface area contributed by atoms with Crippen molar-refractivity contribution in [3.63, 3.8) is 0 Å². The van der Waals surface area contributed by atoms with Crippen molar-refractivity contribution in [2.75, 3.05) is 13.1 Å². The quantitative estimate of drug-likeness (QED) is 0.868. The van der Waals surface area contributed by atoms with Gasteiger partial charge in [0.1, 0.15) is 0 Å². The molecule has 0 amide bonds. The van der Waals surface area contributed by atoms with Gasteiger partial charge in [0.2, 0.25) is 0 Å². The van der Waals surface area contributed by atoms with Crippen LogP contribution in [0.15, 0.2) is 54.6 Å². The first kappa shape index (κ1) is 14.0. The van der Waals surface area contributed by atoms with Crippen LogP contribution in [0.5, 0.6) is 0 Å². The van der Waals surface area contributed by atoms with Gasteiger partial charge in [-0.25, -0.2) is 0 Å². The molecule has 1 atom stereocenters. The maximum Gasteiger partial charge on any atom is 0.167 e. The minimum atomic E-state index is 0.152. The van der Waals surface area contributed by atoms with Crippen LogP contribution in [-0.4, -0.2) is 18.9 Å². The number of rotatable bonds is 4. The molecule has 1 unspecified atom stereocenters. The SMILES string of the molecule is O=C(c1ccc(Cc2ccccc2)cc1)C1CCCNC1. The van der Waals surface area contributed by atoms with E-state index in [0.717, 1.165) is 37.9 Å². The number of carbonyl (C=O) groups excluding carboxylic acids is 1. The van der Waals surface area contributed by atoms with Crippen LogP contribution >= 0.6 is 0 Å². The summed E-state index contributed by atoms with van der Waals surface area (Å²) in [6, 6.07) is 18.5. The molecule has 0 aliphatic carbocycles. The zero-order valence-electron chi connectivity index (χ0n) is 12.2. The fourth-order valence-electron chi connectivity index (χ4n) is 2.93. The van der Waals surface area contributed by atoms with E-state index in [1.807, 2.05) is 18.2 Å². The Morgan fingerprint density at radius 3 is 2.38 bits per heavy atom. The Morgan fingerprint density at radius 2 is 1.71 bits per heavy atom. The Balaban J connectivity index is 1.67. The molecule has 0 aromatic heterocycles. The molecule has 1 aliphatic rings. The molecule has 3 rings (SSSR count). The van der Waals surface area contributed by atoms with Crippen molar-refractivity contribution >= 4 is 5.78 Å². The van der Waals surface area contributed by atoms with Gasteiger partial charge in [-0.05, 0) is 36.9 Å². The summed E-state index contributed by atoms with van der Waals surface area (Å²) < 4.78 is 0. The standard InChI is InChI=1S/C19H21NO/c21-19(18-7-4-12-20-14-18)17-10-8-16(9-11-17)13-15-5-2-1-3-6-15/h1-3,5-6,8-11,18,20H,4,7,12-14H2. The van der Waals surface area contributed by atoms with Crippen molar-refractivity contribution in [2.24, 2.45) is 5.92 Å². The molecule has 2 aromatic rings. The van der Waals surface area contributed by atoms with Gasteiger partial charge in [-0.1, -0.05) is 54.6 Å². The van der Waals surface area contributed by atoms with Gasteiger partial charge in [-0.3, -0.25) is 4.79 Å². The summed E-state index contributed by atoms with van der Waals surface area (Å²) in [4.78, 5) is 12.4. The first-order valence-corrected chi connectivity index (χ1v) is 7.71. The van der Waals surface area contributed by atoms with E-state index in [9.17, 15) is 4.79 Å². The number of piperidine rings is 1. The second-order valence-corrected chi connectivity index (χ2v) is 5.77. The van der Waals surface area contributed by atoms with E-state index < -0.39 is 0 Å². The fraction of sp³-hybridized carbons (Fsp3) is 0.316. The van der Waals surface area contributed by atoms with Crippen LogP contribution in [0.3, 0.4) is 0 Å². The molecular weight excluding hydrogens is 258 g/mol.